The number of hydrogen-bond donors (Lipinski definition) is 0. The highest BCUT2D eigenvalue weighted by molar-refractivity contribution is 4.84. The number of methoxy groups -OCH3 is 1. The summed E-state index contributed by atoms with van der Waals surface area (Å²) >= 11 is 0. The lowest BCUT2D eigenvalue weighted by Gasteiger charge is -2.31. The predicted molar refractivity (Wildman–Crippen MR) is 36.3 cm³/mol. The van der Waals surface area contributed by atoms with Gasteiger partial charge in [-0.05, 0) is 13.8 Å². The molecule has 0 aromatic rings. The van der Waals surface area contributed by atoms with Crippen molar-refractivity contribution in [3.8, 4) is 0 Å². The molecule has 0 saturated carbocycles. The zero-order chi connectivity index (χ0) is 8.41. The van der Waals surface area contributed by atoms with Crippen molar-refractivity contribution < 1.29 is 13.5 Å². The molecule has 1 unspecified atom stereocenters. The van der Waals surface area contributed by atoms with Crippen LogP contribution in [0.2, 0.25) is 0 Å². The molecule has 0 amide bonds. The Labute approximate surface area is 60.4 Å². The first-order valence-corrected chi connectivity index (χ1v) is 3.30. The fourth-order valence-electron chi connectivity index (χ4n) is 0.807. The molecule has 0 rings (SSSR count). The van der Waals surface area contributed by atoms with Gasteiger partial charge in [0.1, 0.15) is 0 Å². The molecule has 0 aliphatic carbocycles. The fraction of sp³-hybridized carbons (Fsp3) is 1.00. The monoisotopic (exact) mass is 152 g/mol. The first-order valence-electron chi connectivity index (χ1n) is 3.30. The third kappa shape index (κ3) is 1.66. The van der Waals surface area contributed by atoms with E-state index in [0.29, 0.717) is 0 Å². The Morgan fingerprint density at radius 3 is 1.70 bits per heavy atom. The lowest BCUT2D eigenvalue weighted by molar-refractivity contribution is -0.204. The average Bonchev–Trinajstić information content (AvgIpc) is 1.84. The largest absolute Gasteiger partial charge is 0.347 e. The Hall–Kier alpha value is -0.180. The Morgan fingerprint density at radius 2 is 1.70 bits per heavy atom. The van der Waals surface area contributed by atoms with Gasteiger partial charge in [-0.1, -0.05) is 6.92 Å². The van der Waals surface area contributed by atoms with Crippen LogP contribution in [0.25, 0.3) is 0 Å². The maximum absolute atomic E-state index is 13.2. The van der Waals surface area contributed by atoms with Crippen LogP contribution in [0.1, 0.15) is 27.2 Å². The smallest absolute Gasteiger partial charge is 0.242 e. The molecule has 0 bridgehead atoms. The minimum absolute atomic E-state index is 0.0208. The van der Waals surface area contributed by atoms with Crippen LogP contribution < -0.4 is 0 Å². The minimum atomic E-state index is -2.15. The molecule has 0 N–H and O–H groups in total. The number of halogens is 2. The maximum Gasteiger partial charge on any atom is 0.242 e. The highest BCUT2D eigenvalue weighted by Crippen LogP contribution is 2.33. The van der Waals surface area contributed by atoms with E-state index in [4.69, 9.17) is 0 Å². The van der Waals surface area contributed by atoms with E-state index in [1.54, 1.807) is 6.92 Å². The minimum Gasteiger partial charge on any atom is -0.347 e. The highest BCUT2D eigenvalue weighted by Gasteiger charge is 2.45. The summed E-state index contributed by atoms with van der Waals surface area (Å²) in [6.45, 7) is 3.88. The summed E-state index contributed by atoms with van der Waals surface area (Å²) < 4.78 is 30.5. The molecule has 0 saturated heterocycles. The van der Waals surface area contributed by atoms with Gasteiger partial charge < -0.3 is 4.74 Å². The molecule has 0 aliphatic heterocycles. The molecule has 0 fully saturated rings. The predicted octanol–water partition coefficient (Wildman–Crippen LogP) is 2.46. The van der Waals surface area contributed by atoms with Gasteiger partial charge in [-0.25, -0.2) is 8.78 Å². The van der Waals surface area contributed by atoms with Gasteiger partial charge in [0.25, 0.3) is 0 Å². The molecular formula is C7H14F2O. The van der Waals surface area contributed by atoms with E-state index in [2.05, 4.69) is 4.74 Å². The summed E-state index contributed by atoms with van der Waals surface area (Å²) in [6, 6.07) is 0. The molecule has 0 aromatic carbocycles. The Bertz CT molecular complexity index is 103. The topological polar surface area (TPSA) is 9.23 Å². The number of ether oxygens (including phenoxy) is 1. The van der Waals surface area contributed by atoms with E-state index in [0.717, 1.165) is 0 Å². The van der Waals surface area contributed by atoms with E-state index < -0.39 is 11.5 Å². The van der Waals surface area contributed by atoms with Crippen molar-refractivity contribution in [3.63, 3.8) is 0 Å². The number of rotatable bonds is 3. The van der Waals surface area contributed by atoms with Crippen molar-refractivity contribution >= 4 is 0 Å². The van der Waals surface area contributed by atoms with E-state index >= 15 is 0 Å². The highest BCUT2D eigenvalue weighted by atomic mass is 19.2. The van der Waals surface area contributed by atoms with Crippen molar-refractivity contribution in [2.45, 2.75) is 38.7 Å². The van der Waals surface area contributed by atoms with Gasteiger partial charge in [-0.3, -0.25) is 0 Å². The van der Waals surface area contributed by atoms with Gasteiger partial charge in [0.15, 0.2) is 5.67 Å². The van der Waals surface area contributed by atoms with Gasteiger partial charge in [0, 0.05) is 13.5 Å². The van der Waals surface area contributed by atoms with Crippen LogP contribution in [0.4, 0.5) is 8.78 Å². The summed E-state index contributed by atoms with van der Waals surface area (Å²) in [5.74, 6) is -2.15. The lowest BCUT2D eigenvalue weighted by Crippen LogP contribution is -2.43. The quantitative estimate of drug-likeness (QED) is 0.603. The number of hydrogen-bond acceptors (Lipinski definition) is 1. The first-order chi connectivity index (χ1) is 4.37. The zero-order valence-electron chi connectivity index (χ0n) is 6.87. The molecule has 62 valence electrons. The van der Waals surface area contributed by atoms with E-state index in [1.807, 2.05) is 0 Å². The summed E-state index contributed by atoms with van der Waals surface area (Å²) in [4.78, 5) is 0. The SMILES string of the molecule is CCC(F)(OC)C(C)(C)F. The molecule has 1 atom stereocenters. The summed E-state index contributed by atoms with van der Waals surface area (Å²) in [5.41, 5.74) is -1.93. The molecule has 10 heavy (non-hydrogen) atoms. The van der Waals surface area contributed by atoms with Gasteiger partial charge >= 0.3 is 0 Å². The zero-order valence-corrected chi connectivity index (χ0v) is 6.87. The lowest BCUT2D eigenvalue weighted by atomic mass is 9.99. The molecule has 0 aliphatic rings. The van der Waals surface area contributed by atoms with Crippen molar-refractivity contribution in [1.29, 1.82) is 0 Å². The standard InChI is InChI=1S/C7H14F2O/c1-5-7(9,10-4)6(2,3)8/h5H2,1-4H3. The normalized spacial score (nSPS) is 18.6. The second-order valence-electron chi connectivity index (χ2n) is 2.76. The van der Waals surface area contributed by atoms with Crippen molar-refractivity contribution in [2.24, 2.45) is 0 Å². The van der Waals surface area contributed by atoms with Crippen LogP contribution in [0.15, 0.2) is 0 Å². The molecular weight excluding hydrogens is 138 g/mol. The van der Waals surface area contributed by atoms with E-state index in [9.17, 15) is 8.78 Å². The average molecular weight is 152 g/mol. The Morgan fingerprint density at radius 1 is 1.30 bits per heavy atom. The third-order valence-corrected chi connectivity index (χ3v) is 1.67. The molecule has 0 aromatic heterocycles. The summed E-state index contributed by atoms with van der Waals surface area (Å²) in [7, 11) is 1.17. The van der Waals surface area contributed by atoms with Crippen LogP contribution in [0.3, 0.4) is 0 Å². The van der Waals surface area contributed by atoms with Gasteiger partial charge in [-0.2, -0.15) is 0 Å². The van der Waals surface area contributed by atoms with Crippen molar-refractivity contribution in [2.75, 3.05) is 7.11 Å². The van der Waals surface area contributed by atoms with Crippen molar-refractivity contribution in [1.82, 2.24) is 0 Å². The Kier molecular flexibility index (Phi) is 2.77. The second-order valence-corrected chi connectivity index (χ2v) is 2.76. The molecule has 0 heterocycles. The summed E-state index contributed by atoms with van der Waals surface area (Å²) in [5, 5.41) is 0. The van der Waals surface area contributed by atoms with Gasteiger partial charge in [0.2, 0.25) is 5.85 Å². The van der Waals surface area contributed by atoms with Crippen LogP contribution in [0.5, 0.6) is 0 Å². The molecule has 1 nitrogen and oxygen atoms in total. The van der Waals surface area contributed by atoms with Crippen LogP contribution in [0, 0.1) is 0 Å². The molecule has 3 heteroatoms. The van der Waals surface area contributed by atoms with Gasteiger partial charge in [0.05, 0.1) is 0 Å². The second kappa shape index (κ2) is 2.82. The Balaban J connectivity index is 4.33. The molecule has 0 spiro atoms. The van der Waals surface area contributed by atoms with Gasteiger partial charge in [-0.15, -0.1) is 0 Å². The van der Waals surface area contributed by atoms with E-state index in [1.165, 1.54) is 21.0 Å². The maximum atomic E-state index is 13.2. The van der Waals surface area contributed by atoms with Crippen LogP contribution >= 0.6 is 0 Å². The fourth-order valence-corrected chi connectivity index (χ4v) is 0.807. The van der Waals surface area contributed by atoms with E-state index in [-0.39, 0.29) is 6.42 Å². The van der Waals surface area contributed by atoms with Crippen molar-refractivity contribution in [3.05, 3.63) is 0 Å². The molecule has 0 radical (unpaired) electrons. The third-order valence-electron chi connectivity index (χ3n) is 1.67. The number of alkyl halides is 2. The van der Waals surface area contributed by atoms with Crippen LogP contribution in [-0.4, -0.2) is 18.6 Å². The summed E-state index contributed by atoms with van der Waals surface area (Å²) in [6.07, 6.45) is 0.0208. The van der Waals surface area contributed by atoms with Crippen LogP contribution in [-0.2, 0) is 4.74 Å². The first kappa shape index (κ1) is 9.82.